The number of benzene rings is 1. The van der Waals surface area contributed by atoms with E-state index < -0.39 is 10.0 Å². The van der Waals surface area contributed by atoms with E-state index in [0.717, 1.165) is 11.1 Å². The summed E-state index contributed by atoms with van der Waals surface area (Å²) >= 11 is 0. The molecule has 0 radical (unpaired) electrons. The Morgan fingerprint density at radius 1 is 1.19 bits per heavy atom. The highest BCUT2D eigenvalue weighted by atomic mass is 32.2. The first kappa shape index (κ1) is 15.7. The third kappa shape index (κ3) is 3.92. The molecule has 0 unspecified atom stereocenters. The van der Waals surface area contributed by atoms with E-state index >= 15 is 0 Å². The van der Waals surface area contributed by atoms with Gasteiger partial charge in [0, 0.05) is 25.4 Å². The van der Waals surface area contributed by atoms with Crippen molar-refractivity contribution >= 4 is 10.0 Å². The van der Waals surface area contributed by atoms with E-state index in [4.69, 9.17) is 0 Å². The fourth-order valence-electron chi connectivity index (χ4n) is 1.96. The Bertz CT molecular complexity index is 710. The van der Waals surface area contributed by atoms with Gasteiger partial charge in [0.05, 0.1) is 11.1 Å². The van der Waals surface area contributed by atoms with Crippen molar-refractivity contribution in [3.05, 3.63) is 47.8 Å². The summed E-state index contributed by atoms with van der Waals surface area (Å²) in [5.74, 6) is 0. The van der Waals surface area contributed by atoms with Gasteiger partial charge >= 0.3 is 0 Å². The summed E-state index contributed by atoms with van der Waals surface area (Å²) in [6.45, 7) is 6.52. The first-order chi connectivity index (χ1) is 9.68. The minimum absolute atomic E-state index is 0.00539. The van der Waals surface area contributed by atoms with Crippen LogP contribution in [0.3, 0.4) is 0 Å². The number of aryl methyl sites for hydroxylation is 1. The molecule has 0 bridgehead atoms. The lowest BCUT2D eigenvalue weighted by Gasteiger charge is -2.19. The normalized spacial score (nSPS) is 12.6. The minimum Gasteiger partial charge on any atom is -0.275 e. The van der Waals surface area contributed by atoms with Crippen molar-refractivity contribution < 1.29 is 8.42 Å². The molecule has 0 aliphatic heterocycles. The summed E-state index contributed by atoms with van der Waals surface area (Å²) in [5, 5.41) is 4.01. The lowest BCUT2D eigenvalue weighted by molar-refractivity contribution is 0.578. The van der Waals surface area contributed by atoms with Crippen LogP contribution in [0.1, 0.15) is 31.9 Å². The zero-order chi connectivity index (χ0) is 15.7. The smallest absolute Gasteiger partial charge is 0.240 e. The van der Waals surface area contributed by atoms with Gasteiger partial charge < -0.3 is 0 Å². The van der Waals surface area contributed by atoms with E-state index in [9.17, 15) is 8.42 Å². The van der Waals surface area contributed by atoms with Gasteiger partial charge in [-0.15, -0.1) is 0 Å². The van der Waals surface area contributed by atoms with E-state index in [1.165, 1.54) is 0 Å². The molecular weight excluding hydrogens is 286 g/mol. The zero-order valence-corrected chi connectivity index (χ0v) is 13.6. The number of aromatic nitrogens is 2. The first-order valence-electron chi connectivity index (χ1n) is 6.76. The van der Waals surface area contributed by atoms with Crippen LogP contribution in [0.4, 0.5) is 0 Å². The zero-order valence-electron chi connectivity index (χ0n) is 12.8. The Balaban J connectivity index is 2.12. The quantitative estimate of drug-likeness (QED) is 0.942. The second kappa shape index (κ2) is 5.61. The molecule has 5 nitrogen and oxygen atoms in total. The Labute approximate surface area is 126 Å². The van der Waals surface area contributed by atoms with Gasteiger partial charge in [-0.05, 0) is 23.1 Å². The van der Waals surface area contributed by atoms with Crippen LogP contribution in [0.15, 0.2) is 41.6 Å². The topological polar surface area (TPSA) is 64.0 Å². The molecule has 0 aliphatic carbocycles. The average Bonchev–Trinajstić information content (AvgIpc) is 2.82. The molecule has 0 atom stereocenters. The molecule has 0 saturated heterocycles. The monoisotopic (exact) mass is 307 g/mol. The van der Waals surface area contributed by atoms with Crippen LogP contribution in [0.2, 0.25) is 0 Å². The molecular formula is C15H21N3O2S. The standard InChI is InChI=1S/C15H21N3O2S/c1-15(2,3)13-5-7-14(8-6-13)21(19,20)17-10-12-9-16-18(4)11-12/h5-9,11,17H,10H2,1-4H3. The second-order valence-electron chi connectivity index (χ2n) is 6.12. The van der Waals surface area contributed by atoms with Gasteiger partial charge in [0.25, 0.3) is 0 Å². The fraction of sp³-hybridized carbons (Fsp3) is 0.400. The molecule has 0 aliphatic rings. The number of hydrogen-bond donors (Lipinski definition) is 1. The van der Waals surface area contributed by atoms with Crippen molar-refractivity contribution in [3.8, 4) is 0 Å². The Hall–Kier alpha value is -1.66. The second-order valence-corrected chi connectivity index (χ2v) is 7.89. The van der Waals surface area contributed by atoms with Crippen LogP contribution in [0.25, 0.3) is 0 Å². The van der Waals surface area contributed by atoms with E-state index in [-0.39, 0.29) is 16.9 Å². The van der Waals surface area contributed by atoms with Gasteiger partial charge in [0.15, 0.2) is 0 Å². The number of nitrogens with one attached hydrogen (secondary N) is 1. The van der Waals surface area contributed by atoms with Crippen molar-refractivity contribution in [3.63, 3.8) is 0 Å². The van der Waals surface area contributed by atoms with E-state index in [2.05, 4.69) is 30.6 Å². The summed E-state index contributed by atoms with van der Waals surface area (Å²) in [6, 6.07) is 7.01. The third-order valence-electron chi connectivity index (χ3n) is 3.26. The predicted molar refractivity (Wildman–Crippen MR) is 82.4 cm³/mol. The van der Waals surface area contributed by atoms with Crippen LogP contribution < -0.4 is 4.72 Å². The summed E-state index contributed by atoms with van der Waals surface area (Å²) in [6.07, 6.45) is 3.43. The summed E-state index contributed by atoms with van der Waals surface area (Å²) in [5.41, 5.74) is 1.94. The van der Waals surface area contributed by atoms with Crippen molar-refractivity contribution in [1.29, 1.82) is 0 Å². The molecule has 2 rings (SSSR count). The molecule has 1 aromatic carbocycles. The molecule has 1 heterocycles. The summed E-state index contributed by atoms with van der Waals surface area (Å²) < 4.78 is 28.7. The molecule has 0 saturated carbocycles. The fourth-order valence-corrected chi connectivity index (χ4v) is 2.98. The first-order valence-corrected chi connectivity index (χ1v) is 8.24. The highest BCUT2D eigenvalue weighted by Crippen LogP contribution is 2.23. The lowest BCUT2D eigenvalue weighted by atomic mass is 9.87. The molecule has 0 fully saturated rings. The van der Waals surface area contributed by atoms with Crippen molar-refractivity contribution in [2.24, 2.45) is 7.05 Å². The van der Waals surface area contributed by atoms with Crippen LogP contribution in [0, 0.1) is 0 Å². The molecule has 0 amide bonds. The van der Waals surface area contributed by atoms with E-state index in [0.29, 0.717) is 0 Å². The van der Waals surface area contributed by atoms with Gasteiger partial charge in [-0.3, -0.25) is 4.68 Å². The SMILES string of the molecule is Cn1cc(CNS(=O)(=O)c2ccc(C(C)(C)C)cc2)cn1. The Morgan fingerprint density at radius 3 is 2.29 bits per heavy atom. The molecule has 114 valence electrons. The van der Waals surface area contributed by atoms with Crippen LogP contribution in [0.5, 0.6) is 0 Å². The highest BCUT2D eigenvalue weighted by molar-refractivity contribution is 7.89. The molecule has 1 N–H and O–H groups in total. The number of rotatable bonds is 4. The Morgan fingerprint density at radius 2 is 1.81 bits per heavy atom. The van der Waals surface area contributed by atoms with Gasteiger partial charge in [-0.2, -0.15) is 5.10 Å². The van der Waals surface area contributed by atoms with Crippen molar-refractivity contribution in [2.45, 2.75) is 37.6 Å². The number of hydrogen-bond acceptors (Lipinski definition) is 3. The van der Waals surface area contributed by atoms with E-state index in [1.54, 1.807) is 36.3 Å². The maximum Gasteiger partial charge on any atom is 0.240 e. The summed E-state index contributed by atoms with van der Waals surface area (Å²) in [7, 11) is -1.70. The maximum absolute atomic E-state index is 12.2. The van der Waals surface area contributed by atoms with Gasteiger partial charge in [0.2, 0.25) is 10.0 Å². The maximum atomic E-state index is 12.2. The van der Waals surface area contributed by atoms with Crippen molar-refractivity contribution in [1.82, 2.24) is 14.5 Å². The Kier molecular flexibility index (Phi) is 4.20. The molecule has 0 spiro atoms. The summed E-state index contributed by atoms with van der Waals surface area (Å²) in [4.78, 5) is 0.277. The predicted octanol–water partition coefficient (Wildman–Crippen LogP) is 2.20. The number of sulfonamides is 1. The van der Waals surface area contributed by atoms with Crippen LogP contribution in [-0.2, 0) is 29.0 Å². The van der Waals surface area contributed by atoms with Crippen LogP contribution >= 0.6 is 0 Å². The van der Waals surface area contributed by atoms with Gasteiger partial charge in [0.1, 0.15) is 0 Å². The number of nitrogens with zero attached hydrogens (tertiary/aromatic N) is 2. The largest absolute Gasteiger partial charge is 0.275 e. The molecule has 6 heteroatoms. The third-order valence-corrected chi connectivity index (χ3v) is 4.67. The molecule has 1 aromatic heterocycles. The molecule has 21 heavy (non-hydrogen) atoms. The molecule has 2 aromatic rings. The van der Waals surface area contributed by atoms with Crippen molar-refractivity contribution in [2.75, 3.05) is 0 Å². The van der Waals surface area contributed by atoms with Gasteiger partial charge in [-0.1, -0.05) is 32.9 Å². The highest BCUT2D eigenvalue weighted by Gasteiger charge is 2.17. The van der Waals surface area contributed by atoms with Gasteiger partial charge in [-0.25, -0.2) is 13.1 Å². The van der Waals surface area contributed by atoms with Crippen LogP contribution in [-0.4, -0.2) is 18.2 Å². The minimum atomic E-state index is -3.50. The average molecular weight is 307 g/mol. The van der Waals surface area contributed by atoms with E-state index in [1.807, 2.05) is 12.1 Å². The lowest BCUT2D eigenvalue weighted by Crippen LogP contribution is -2.23.